The molecule has 2 rings (SSSR count). The molecule has 1 aromatic heterocycles. The normalized spacial score (nSPS) is 10.5. The lowest BCUT2D eigenvalue weighted by Crippen LogP contribution is -1.85. The van der Waals surface area contributed by atoms with Crippen molar-refractivity contribution in [1.82, 2.24) is 9.97 Å². The molecule has 0 amide bonds. The quantitative estimate of drug-likeness (QED) is 0.804. The van der Waals surface area contributed by atoms with E-state index in [1.807, 2.05) is 0 Å². The summed E-state index contributed by atoms with van der Waals surface area (Å²) in [6, 6.07) is 8.57. The third kappa shape index (κ3) is 2.46. The van der Waals surface area contributed by atoms with Crippen LogP contribution in [0.3, 0.4) is 0 Å². The van der Waals surface area contributed by atoms with Crippen LogP contribution in [0.2, 0.25) is 0 Å². The first-order chi connectivity index (χ1) is 7.40. The summed E-state index contributed by atoms with van der Waals surface area (Å²) in [4.78, 5) is 7.15. The van der Waals surface area contributed by atoms with E-state index >= 15 is 0 Å². The Hall–Kier alpha value is -1.57. The zero-order chi connectivity index (χ0) is 10.5. The predicted octanol–water partition coefficient (Wildman–Crippen LogP) is 3.22. The van der Waals surface area contributed by atoms with Crippen molar-refractivity contribution in [2.24, 2.45) is 0 Å². The number of imidazole rings is 1. The first kappa shape index (κ1) is 9.97. The lowest BCUT2D eigenvalue weighted by atomic mass is 10.1. The highest BCUT2D eigenvalue weighted by Gasteiger charge is 1.99. The van der Waals surface area contributed by atoms with Gasteiger partial charge in [-0.2, -0.15) is 0 Å². The van der Waals surface area contributed by atoms with Gasteiger partial charge in [0.05, 0.1) is 0 Å². The molecule has 2 heteroatoms. The number of benzene rings is 1. The fourth-order valence-corrected chi connectivity index (χ4v) is 1.59. The van der Waals surface area contributed by atoms with E-state index in [2.05, 4.69) is 47.4 Å². The van der Waals surface area contributed by atoms with Gasteiger partial charge in [0.1, 0.15) is 12.0 Å². The first-order valence-electron chi connectivity index (χ1n) is 5.41. The number of H-pyrrole nitrogens is 1. The van der Waals surface area contributed by atoms with Gasteiger partial charge in [0.25, 0.3) is 0 Å². The van der Waals surface area contributed by atoms with E-state index in [9.17, 15) is 0 Å². The van der Waals surface area contributed by atoms with Gasteiger partial charge in [-0.15, -0.1) is 0 Å². The Morgan fingerprint density at radius 3 is 2.67 bits per heavy atom. The predicted molar refractivity (Wildman–Crippen MR) is 61.5 cm³/mol. The molecular formula is C13H15N2. The van der Waals surface area contributed by atoms with Gasteiger partial charge in [-0.3, -0.25) is 0 Å². The van der Waals surface area contributed by atoms with Crippen LogP contribution in [0, 0.1) is 6.20 Å². The summed E-state index contributed by atoms with van der Waals surface area (Å²) in [6.45, 7) is 2.22. The van der Waals surface area contributed by atoms with Crippen molar-refractivity contribution in [3.8, 4) is 11.4 Å². The smallest absolute Gasteiger partial charge is 0.138 e. The van der Waals surface area contributed by atoms with Gasteiger partial charge in [-0.25, -0.2) is 4.98 Å². The largest absolute Gasteiger partial charge is 0.344 e. The average molecular weight is 199 g/mol. The molecule has 0 bridgehead atoms. The molecule has 2 nitrogen and oxygen atoms in total. The number of nitrogens with one attached hydrogen (secondary N) is 1. The summed E-state index contributed by atoms with van der Waals surface area (Å²) < 4.78 is 0. The van der Waals surface area contributed by atoms with Gasteiger partial charge >= 0.3 is 0 Å². The second kappa shape index (κ2) is 4.78. The molecule has 15 heavy (non-hydrogen) atoms. The van der Waals surface area contributed by atoms with Crippen LogP contribution in [0.25, 0.3) is 11.4 Å². The molecule has 1 radical (unpaired) electrons. The Labute approximate surface area is 90.4 Å². The van der Waals surface area contributed by atoms with Gasteiger partial charge in [-0.05, 0) is 18.4 Å². The Morgan fingerprint density at radius 1 is 1.27 bits per heavy atom. The number of unbranched alkanes of at least 4 members (excludes halogenated alkanes) is 1. The lowest BCUT2D eigenvalue weighted by Gasteiger charge is -2.01. The van der Waals surface area contributed by atoms with Gasteiger partial charge < -0.3 is 4.98 Å². The van der Waals surface area contributed by atoms with E-state index in [4.69, 9.17) is 0 Å². The SMILES string of the molecule is CCCCc1ccc(-c2n[c]c[nH]2)cc1. The maximum absolute atomic E-state index is 4.10. The third-order valence-corrected chi connectivity index (χ3v) is 2.50. The van der Waals surface area contributed by atoms with Crippen LogP contribution in [0.15, 0.2) is 30.5 Å². The molecule has 1 heterocycles. The fourth-order valence-electron chi connectivity index (χ4n) is 1.59. The molecule has 0 aliphatic rings. The zero-order valence-electron chi connectivity index (χ0n) is 8.96. The molecule has 1 N–H and O–H groups in total. The van der Waals surface area contributed by atoms with E-state index in [-0.39, 0.29) is 0 Å². The number of rotatable bonds is 4. The highest BCUT2D eigenvalue weighted by Crippen LogP contribution is 2.15. The van der Waals surface area contributed by atoms with Crippen molar-refractivity contribution in [3.63, 3.8) is 0 Å². The number of hydrogen-bond donors (Lipinski definition) is 1. The van der Waals surface area contributed by atoms with Gasteiger partial charge in [0.2, 0.25) is 0 Å². The number of aromatic nitrogens is 2. The third-order valence-electron chi connectivity index (χ3n) is 2.50. The van der Waals surface area contributed by atoms with Gasteiger partial charge in [-0.1, -0.05) is 37.6 Å². The van der Waals surface area contributed by atoms with Gasteiger partial charge in [0, 0.05) is 11.8 Å². The minimum atomic E-state index is 0.886. The Bertz CT molecular complexity index is 387. The van der Waals surface area contributed by atoms with Crippen LogP contribution in [-0.2, 0) is 6.42 Å². The maximum Gasteiger partial charge on any atom is 0.138 e. The number of nitrogens with zero attached hydrogens (tertiary/aromatic N) is 1. The summed E-state index contributed by atoms with van der Waals surface area (Å²) in [5.74, 6) is 0.886. The van der Waals surface area contributed by atoms with Crippen LogP contribution in [-0.4, -0.2) is 9.97 Å². The van der Waals surface area contributed by atoms with Crippen LogP contribution in [0.1, 0.15) is 25.3 Å². The molecule has 0 aliphatic carbocycles. The van der Waals surface area contributed by atoms with Crippen molar-refractivity contribution < 1.29 is 0 Å². The monoisotopic (exact) mass is 199 g/mol. The van der Waals surface area contributed by atoms with Crippen molar-refractivity contribution in [2.45, 2.75) is 26.2 Å². The molecule has 0 fully saturated rings. The Morgan fingerprint density at radius 2 is 2.07 bits per heavy atom. The van der Waals surface area contributed by atoms with Crippen LogP contribution >= 0.6 is 0 Å². The summed E-state index contributed by atoms with van der Waals surface area (Å²) in [5.41, 5.74) is 2.52. The maximum atomic E-state index is 4.10. The average Bonchev–Trinajstić information content (AvgIpc) is 2.80. The molecule has 0 unspecified atom stereocenters. The molecule has 77 valence electrons. The van der Waals surface area contributed by atoms with E-state index in [0.717, 1.165) is 11.4 Å². The number of aromatic amines is 1. The first-order valence-corrected chi connectivity index (χ1v) is 5.41. The van der Waals surface area contributed by atoms with Crippen molar-refractivity contribution in [2.75, 3.05) is 0 Å². The van der Waals surface area contributed by atoms with Crippen LogP contribution < -0.4 is 0 Å². The number of hydrogen-bond acceptors (Lipinski definition) is 1. The highest BCUT2D eigenvalue weighted by atomic mass is 14.9. The summed E-state index contributed by atoms with van der Waals surface area (Å²) in [5, 5.41) is 0. The van der Waals surface area contributed by atoms with E-state index in [1.165, 1.54) is 24.8 Å². The zero-order valence-corrected chi connectivity index (χ0v) is 8.96. The van der Waals surface area contributed by atoms with Gasteiger partial charge in [0.15, 0.2) is 0 Å². The van der Waals surface area contributed by atoms with Crippen molar-refractivity contribution >= 4 is 0 Å². The molecule has 1 aromatic carbocycles. The van der Waals surface area contributed by atoms with E-state index in [1.54, 1.807) is 6.20 Å². The van der Waals surface area contributed by atoms with E-state index < -0.39 is 0 Å². The van der Waals surface area contributed by atoms with Crippen molar-refractivity contribution in [1.29, 1.82) is 0 Å². The van der Waals surface area contributed by atoms with Crippen LogP contribution in [0.5, 0.6) is 0 Å². The van der Waals surface area contributed by atoms with Crippen LogP contribution in [0.4, 0.5) is 0 Å². The Balaban J connectivity index is 2.11. The lowest BCUT2D eigenvalue weighted by molar-refractivity contribution is 0.795. The summed E-state index contributed by atoms with van der Waals surface area (Å²) in [7, 11) is 0. The highest BCUT2D eigenvalue weighted by molar-refractivity contribution is 5.54. The molecule has 2 aromatic rings. The minimum Gasteiger partial charge on any atom is -0.344 e. The summed E-state index contributed by atoms with van der Waals surface area (Å²) in [6.07, 6.45) is 8.16. The van der Waals surface area contributed by atoms with Crippen molar-refractivity contribution in [3.05, 3.63) is 42.2 Å². The molecule has 0 saturated heterocycles. The molecular weight excluding hydrogens is 184 g/mol. The second-order valence-corrected chi connectivity index (χ2v) is 3.68. The molecule has 0 saturated carbocycles. The molecule has 0 aliphatic heterocycles. The molecule has 0 spiro atoms. The van der Waals surface area contributed by atoms with E-state index in [0.29, 0.717) is 0 Å². The Kier molecular flexibility index (Phi) is 3.18. The fraction of sp³-hybridized carbons (Fsp3) is 0.308. The molecule has 0 atom stereocenters. The summed E-state index contributed by atoms with van der Waals surface area (Å²) >= 11 is 0. The second-order valence-electron chi connectivity index (χ2n) is 3.68. The standard InChI is InChI=1S/C13H15N2/c1-2-3-4-11-5-7-12(8-6-11)13-14-9-10-15-13/h5-9H,2-4H2,1H3,(H,14,15). The minimum absolute atomic E-state index is 0.886. The topological polar surface area (TPSA) is 28.7 Å². The number of aryl methyl sites for hydroxylation is 1.